The maximum Gasteiger partial charge on any atom is 0.263 e. The molecule has 0 aliphatic rings. The molecule has 0 radical (unpaired) electrons. The third-order valence-electron chi connectivity index (χ3n) is 4.57. The Hall–Kier alpha value is -3.35. The Morgan fingerprint density at radius 1 is 1.17 bits per heavy atom. The SMILES string of the molecule is CC[C@@H](Oc1ccccc1C)C(=O)N(C)Cc1nc(-c2ccc(OC)cc2)no1. The molecule has 0 bridgehead atoms. The summed E-state index contributed by atoms with van der Waals surface area (Å²) in [4.78, 5) is 18.8. The average Bonchev–Trinajstić information content (AvgIpc) is 3.21. The quantitative estimate of drug-likeness (QED) is 0.576. The smallest absolute Gasteiger partial charge is 0.263 e. The maximum absolute atomic E-state index is 12.8. The van der Waals surface area contributed by atoms with E-state index in [4.69, 9.17) is 14.0 Å². The second kappa shape index (κ2) is 9.23. The fraction of sp³-hybridized carbons (Fsp3) is 0.318. The lowest BCUT2D eigenvalue weighted by Gasteiger charge is -2.23. The number of ether oxygens (including phenoxy) is 2. The van der Waals surface area contributed by atoms with E-state index < -0.39 is 6.10 Å². The number of aryl methyl sites for hydroxylation is 1. The summed E-state index contributed by atoms with van der Waals surface area (Å²) in [5.74, 6) is 2.15. The number of benzene rings is 2. The number of likely N-dealkylation sites (N-methyl/N-ethyl adjacent to an activating group) is 1. The van der Waals surface area contributed by atoms with Gasteiger partial charge in [-0.15, -0.1) is 0 Å². The molecule has 7 heteroatoms. The van der Waals surface area contributed by atoms with Gasteiger partial charge in [-0.1, -0.05) is 30.3 Å². The first-order valence-corrected chi connectivity index (χ1v) is 9.46. The first kappa shape index (κ1) is 20.4. The second-order valence-electron chi connectivity index (χ2n) is 6.71. The molecule has 0 aliphatic heterocycles. The largest absolute Gasteiger partial charge is 0.497 e. The summed E-state index contributed by atoms with van der Waals surface area (Å²) in [6.45, 7) is 4.08. The van der Waals surface area contributed by atoms with Crippen molar-refractivity contribution in [2.45, 2.75) is 32.9 Å². The third kappa shape index (κ3) is 4.93. The van der Waals surface area contributed by atoms with Crippen molar-refractivity contribution < 1.29 is 18.8 Å². The van der Waals surface area contributed by atoms with Crippen LogP contribution < -0.4 is 9.47 Å². The molecule has 1 atom stereocenters. The molecule has 2 aromatic carbocycles. The number of aromatic nitrogens is 2. The van der Waals surface area contributed by atoms with E-state index >= 15 is 0 Å². The first-order valence-electron chi connectivity index (χ1n) is 9.46. The van der Waals surface area contributed by atoms with E-state index in [2.05, 4.69) is 10.1 Å². The Labute approximate surface area is 170 Å². The van der Waals surface area contributed by atoms with Gasteiger partial charge in [0.2, 0.25) is 11.7 Å². The summed E-state index contributed by atoms with van der Waals surface area (Å²) in [7, 11) is 3.31. The average molecular weight is 395 g/mol. The summed E-state index contributed by atoms with van der Waals surface area (Å²) < 4.78 is 16.4. The zero-order valence-electron chi connectivity index (χ0n) is 17.1. The molecule has 152 valence electrons. The molecule has 0 aliphatic carbocycles. The minimum atomic E-state index is -0.579. The molecule has 3 rings (SSSR count). The number of hydrogen-bond acceptors (Lipinski definition) is 6. The van der Waals surface area contributed by atoms with E-state index in [1.165, 1.54) is 4.90 Å². The van der Waals surface area contributed by atoms with Crippen LogP contribution in [0, 0.1) is 6.92 Å². The highest BCUT2D eigenvalue weighted by atomic mass is 16.5. The molecule has 0 unspecified atom stereocenters. The summed E-state index contributed by atoms with van der Waals surface area (Å²) >= 11 is 0. The van der Waals surface area contributed by atoms with Gasteiger partial charge in [-0.25, -0.2) is 0 Å². The fourth-order valence-corrected chi connectivity index (χ4v) is 2.85. The molecular formula is C22H25N3O4. The molecule has 0 spiro atoms. The van der Waals surface area contributed by atoms with Gasteiger partial charge in [0.1, 0.15) is 11.5 Å². The van der Waals surface area contributed by atoms with Crippen molar-refractivity contribution in [3.05, 3.63) is 60.0 Å². The van der Waals surface area contributed by atoms with Crippen molar-refractivity contribution in [1.82, 2.24) is 15.0 Å². The molecule has 0 saturated carbocycles. The van der Waals surface area contributed by atoms with Crippen LogP contribution in [-0.4, -0.2) is 41.2 Å². The Bertz CT molecular complexity index is 953. The second-order valence-corrected chi connectivity index (χ2v) is 6.71. The van der Waals surface area contributed by atoms with Crippen LogP contribution in [0.4, 0.5) is 0 Å². The third-order valence-corrected chi connectivity index (χ3v) is 4.57. The zero-order chi connectivity index (χ0) is 20.8. The van der Waals surface area contributed by atoms with Gasteiger partial charge in [0.25, 0.3) is 5.91 Å². The van der Waals surface area contributed by atoms with Crippen LogP contribution in [0.3, 0.4) is 0 Å². The summed E-state index contributed by atoms with van der Waals surface area (Å²) in [5.41, 5.74) is 1.80. The number of methoxy groups -OCH3 is 1. The van der Waals surface area contributed by atoms with Crippen LogP contribution in [0.25, 0.3) is 11.4 Å². The highest BCUT2D eigenvalue weighted by Gasteiger charge is 2.24. The van der Waals surface area contributed by atoms with Gasteiger partial charge in [0, 0.05) is 12.6 Å². The van der Waals surface area contributed by atoms with Gasteiger partial charge in [-0.3, -0.25) is 4.79 Å². The lowest BCUT2D eigenvalue weighted by molar-refractivity contribution is -0.138. The lowest BCUT2D eigenvalue weighted by atomic mass is 10.2. The standard InChI is InChI=1S/C22H25N3O4/c1-5-18(28-19-9-7-6-8-15(19)2)22(26)25(3)14-20-23-21(24-29-20)16-10-12-17(27-4)13-11-16/h6-13,18H,5,14H2,1-4H3/t18-/m1/s1. The van der Waals surface area contributed by atoms with Crippen LogP contribution >= 0.6 is 0 Å². The van der Waals surface area contributed by atoms with Crippen LogP contribution in [0.5, 0.6) is 11.5 Å². The molecule has 1 aromatic heterocycles. The van der Waals surface area contributed by atoms with Gasteiger partial charge in [-0.2, -0.15) is 4.98 Å². The number of amides is 1. The highest BCUT2D eigenvalue weighted by Crippen LogP contribution is 2.21. The van der Waals surface area contributed by atoms with Crippen LogP contribution in [0.15, 0.2) is 53.1 Å². The molecule has 7 nitrogen and oxygen atoms in total. The van der Waals surface area contributed by atoms with Gasteiger partial charge < -0.3 is 18.9 Å². The summed E-state index contributed by atoms with van der Waals surface area (Å²) in [5, 5.41) is 4.00. The number of para-hydroxylation sites is 1. The molecule has 0 saturated heterocycles. The van der Waals surface area contributed by atoms with Crippen molar-refractivity contribution in [2.24, 2.45) is 0 Å². The summed E-state index contributed by atoms with van der Waals surface area (Å²) in [6, 6.07) is 15.0. The normalized spacial score (nSPS) is 11.7. The zero-order valence-corrected chi connectivity index (χ0v) is 17.1. The summed E-state index contributed by atoms with van der Waals surface area (Å²) in [6.07, 6.45) is -0.0246. The van der Waals surface area contributed by atoms with E-state index in [-0.39, 0.29) is 12.5 Å². The fourth-order valence-electron chi connectivity index (χ4n) is 2.85. The van der Waals surface area contributed by atoms with E-state index in [0.717, 1.165) is 16.9 Å². The van der Waals surface area contributed by atoms with Gasteiger partial charge in [0.05, 0.1) is 13.7 Å². The highest BCUT2D eigenvalue weighted by molar-refractivity contribution is 5.81. The van der Waals surface area contributed by atoms with E-state index in [1.54, 1.807) is 14.2 Å². The molecule has 0 fully saturated rings. The topological polar surface area (TPSA) is 77.7 Å². The monoisotopic (exact) mass is 395 g/mol. The number of carbonyl (C=O) groups excluding carboxylic acids is 1. The number of hydrogen-bond donors (Lipinski definition) is 0. The molecule has 29 heavy (non-hydrogen) atoms. The van der Waals surface area contributed by atoms with E-state index in [9.17, 15) is 4.79 Å². The number of carbonyl (C=O) groups is 1. The maximum atomic E-state index is 12.8. The lowest BCUT2D eigenvalue weighted by Crippen LogP contribution is -2.39. The molecule has 1 amide bonds. The van der Waals surface area contributed by atoms with E-state index in [0.29, 0.717) is 23.9 Å². The van der Waals surface area contributed by atoms with Crippen LogP contribution in [0.2, 0.25) is 0 Å². The Balaban J connectivity index is 1.65. The van der Waals surface area contributed by atoms with Crippen LogP contribution in [-0.2, 0) is 11.3 Å². The Kier molecular flexibility index (Phi) is 6.49. The minimum absolute atomic E-state index is 0.139. The first-order chi connectivity index (χ1) is 14.0. The van der Waals surface area contributed by atoms with E-state index in [1.807, 2.05) is 62.4 Å². The van der Waals surface area contributed by atoms with Crippen LogP contribution in [0.1, 0.15) is 24.8 Å². The molecule has 1 heterocycles. The predicted molar refractivity (Wildman–Crippen MR) is 109 cm³/mol. The van der Waals surface area contributed by atoms with Crippen molar-refractivity contribution in [1.29, 1.82) is 0 Å². The molecular weight excluding hydrogens is 370 g/mol. The molecule has 3 aromatic rings. The van der Waals surface area contributed by atoms with Crippen molar-refractivity contribution >= 4 is 5.91 Å². The van der Waals surface area contributed by atoms with Crippen molar-refractivity contribution in [3.63, 3.8) is 0 Å². The Morgan fingerprint density at radius 2 is 1.90 bits per heavy atom. The number of rotatable bonds is 8. The predicted octanol–water partition coefficient (Wildman–Crippen LogP) is 3.87. The van der Waals surface area contributed by atoms with Crippen molar-refractivity contribution in [2.75, 3.05) is 14.2 Å². The Morgan fingerprint density at radius 3 is 2.55 bits per heavy atom. The molecule has 0 N–H and O–H groups in total. The van der Waals surface area contributed by atoms with Gasteiger partial charge in [-0.05, 0) is 49.2 Å². The van der Waals surface area contributed by atoms with Gasteiger partial charge in [0.15, 0.2) is 6.10 Å². The minimum Gasteiger partial charge on any atom is -0.497 e. The number of nitrogens with zero attached hydrogens (tertiary/aromatic N) is 3. The van der Waals surface area contributed by atoms with Gasteiger partial charge >= 0.3 is 0 Å². The van der Waals surface area contributed by atoms with Crippen molar-refractivity contribution in [3.8, 4) is 22.9 Å².